The first-order chi connectivity index (χ1) is 22.4. The van der Waals surface area contributed by atoms with Gasteiger partial charge >= 0.3 is 0 Å². The molecule has 8 nitrogen and oxygen atoms in total. The van der Waals surface area contributed by atoms with Gasteiger partial charge < -0.3 is 33.6 Å². The molecule has 0 aliphatic heterocycles. The van der Waals surface area contributed by atoms with Crippen LogP contribution in [0.3, 0.4) is 0 Å². The average molecular weight is 619 g/mol. The number of hydrogen-bond donors (Lipinski definition) is 6. The molecule has 240 valence electrons. The van der Waals surface area contributed by atoms with Crippen LogP contribution in [0.15, 0.2) is 109 Å². The Morgan fingerprint density at radius 3 is 1.15 bits per heavy atom. The monoisotopic (exact) mass is 618 g/mol. The van der Waals surface area contributed by atoms with E-state index in [0.29, 0.717) is 51.9 Å². The molecule has 0 aliphatic rings. The number of rotatable bonds is 16. The summed E-state index contributed by atoms with van der Waals surface area (Å²) in [6.07, 6.45) is 2.55. The maximum Gasteiger partial charge on any atom is 0.237 e. The third-order valence-electron chi connectivity index (χ3n) is 7.91. The van der Waals surface area contributed by atoms with Gasteiger partial charge in [-0.2, -0.15) is 0 Å². The van der Waals surface area contributed by atoms with Crippen LogP contribution in [-0.4, -0.2) is 37.0 Å². The molecule has 0 heterocycles. The predicted molar refractivity (Wildman–Crippen MR) is 187 cm³/mol. The van der Waals surface area contributed by atoms with Gasteiger partial charge in [0, 0.05) is 13.1 Å². The Labute approximate surface area is 272 Å². The molecule has 2 atom stereocenters. The van der Waals surface area contributed by atoms with Gasteiger partial charge in [0.2, 0.25) is 11.8 Å². The van der Waals surface area contributed by atoms with E-state index in [9.17, 15) is 9.59 Å². The van der Waals surface area contributed by atoms with Crippen molar-refractivity contribution in [2.75, 3.05) is 13.1 Å². The van der Waals surface area contributed by atoms with Gasteiger partial charge in [0.15, 0.2) is 0 Å². The van der Waals surface area contributed by atoms with Crippen molar-refractivity contribution in [2.45, 2.75) is 50.9 Å². The van der Waals surface area contributed by atoms with Crippen molar-refractivity contribution in [3.05, 3.63) is 143 Å². The maximum absolute atomic E-state index is 12.4. The van der Waals surface area contributed by atoms with Crippen LogP contribution in [0.5, 0.6) is 0 Å². The van der Waals surface area contributed by atoms with Crippen molar-refractivity contribution in [2.24, 2.45) is 22.9 Å². The van der Waals surface area contributed by atoms with E-state index < -0.39 is 12.1 Å². The lowest BCUT2D eigenvalue weighted by atomic mass is 9.85. The van der Waals surface area contributed by atoms with E-state index in [4.69, 9.17) is 22.9 Å². The Balaban J connectivity index is 1.66. The van der Waals surface area contributed by atoms with Crippen LogP contribution < -0.4 is 33.6 Å². The zero-order valence-corrected chi connectivity index (χ0v) is 26.3. The molecule has 0 fully saturated rings. The van der Waals surface area contributed by atoms with Gasteiger partial charge in [-0.1, -0.05) is 109 Å². The molecule has 0 bridgehead atoms. The molecular weight excluding hydrogens is 572 g/mol. The molecule has 2 amide bonds. The minimum Gasteiger partial charge on any atom is -0.351 e. The first kappa shape index (κ1) is 34.3. The van der Waals surface area contributed by atoms with Gasteiger partial charge in [0.05, 0.1) is 12.1 Å². The number of nitrogens with two attached hydrogens (primary N) is 4. The topological polar surface area (TPSA) is 162 Å². The molecule has 0 radical (unpaired) electrons. The Bertz CT molecular complexity index is 1440. The van der Waals surface area contributed by atoms with Crippen LogP contribution in [0.2, 0.25) is 0 Å². The number of amides is 2. The molecule has 10 N–H and O–H groups in total. The summed E-state index contributed by atoms with van der Waals surface area (Å²) in [5, 5.41) is 5.89. The van der Waals surface area contributed by atoms with Crippen molar-refractivity contribution >= 4 is 23.0 Å². The van der Waals surface area contributed by atoms with Gasteiger partial charge in [-0.05, 0) is 83.3 Å². The second-order valence-electron chi connectivity index (χ2n) is 11.4. The number of carbonyl (C=O) groups is 2. The zero-order chi connectivity index (χ0) is 32.7. The molecule has 8 heteroatoms. The normalized spacial score (nSPS) is 13.0. The summed E-state index contributed by atoms with van der Waals surface area (Å²) in [6, 6.07) is 36.1. The number of nitrogens with one attached hydrogen (secondary N) is 2. The van der Waals surface area contributed by atoms with Crippen molar-refractivity contribution < 1.29 is 9.59 Å². The smallest absolute Gasteiger partial charge is 0.237 e. The second kappa shape index (κ2) is 17.8. The second-order valence-corrected chi connectivity index (χ2v) is 11.4. The summed E-state index contributed by atoms with van der Waals surface area (Å²) in [4.78, 5) is 24.9. The quantitative estimate of drug-likeness (QED) is 0.104. The summed E-state index contributed by atoms with van der Waals surface area (Å²) >= 11 is 0. The highest BCUT2D eigenvalue weighted by Gasteiger charge is 2.18. The standard InChI is InChI=1S/C38H46N6O2/c39-23-7-13-33(41)37(45)43-25-27-15-19-31(20-16-27)35(29-9-3-1-4-10-29)36(30-11-5-2-6-12-30)32-21-17-28(18-22-32)26-44-38(46)34(42)14-8-24-40/h1-6,9-12,15-22,33-34H,7-8,13-14,23-26,39-42H2,(H,43,45)(H,44,46)/b36-35+/t33-,34-/m0/s1. The van der Waals surface area contributed by atoms with Gasteiger partial charge in [0.25, 0.3) is 0 Å². The fourth-order valence-electron chi connectivity index (χ4n) is 5.28. The third-order valence-corrected chi connectivity index (χ3v) is 7.91. The van der Waals surface area contributed by atoms with E-state index in [-0.39, 0.29) is 11.8 Å². The summed E-state index contributed by atoms with van der Waals surface area (Å²) in [5.41, 5.74) is 31.5. The van der Waals surface area contributed by atoms with Crippen molar-refractivity contribution in [1.82, 2.24) is 10.6 Å². The first-order valence-corrected chi connectivity index (χ1v) is 15.9. The van der Waals surface area contributed by atoms with E-state index in [0.717, 1.165) is 44.5 Å². The highest BCUT2D eigenvalue weighted by molar-refractivity contribution is 6.04. The van der Waals surface area contributed by atoms with Crippen LogP contribution >= 0.6 is 0 Å². The van der Waals surface area contributed by atoms with E-state index in [1.54, 1.807) is 0 Å². The summed E-state index contributed by atoms with van der Waals surface area (Å²) in [7, 11) is 0. The summed E-state index contributed by atoms with van der Waals surface area (Å²) in [5.74, 6) is -0.350. The zero-order valence-electron chi connectivity index (χ0n) is 26.3. The SMILES string of the molecule is NCCC[C@H](N)C(=O)NCc1ccc(/C(=C(\c2ccccc2)c2ccc(CNC(=O)[C@@H](N)CCCN)cc2)c2ccccc2)cc1. The van der Waals surface area contributed by atoms with E-state index >= 15 is 0 Å². The molecule has 4 aromatic rings. The Hall–Kier alpha value is -4.60. The van der Waals surface area contributed by atoms with Crippen LogP contribution in [0, 0.1) is 0 Å². The number of carbonyl (C=O) groups excluding carboxylic acids is 2. The minimum absolute atomic E-state index is 0.175. The Morgan fingerprint density at radius 1 is 0.500 bits per heavy atom. The van der Waals surface area contributed by atoms with Crippen molar-refractivity contribution in [1.29, 1.82) is 0 Å². The van der Waals surface area contributed by atoms with Crippen molar-refractivity contribution in [3.8, 4) is 0 Å². The maximum atomic E-state index is 12.4. The van der Waals surface area contributed by atoms with Crippen LogP contribution in [0.1, 0.15) is 59.1 Å². The lowest BCUT2D eigenvalue weighted by Crippen LogP contribution is -2.40. The third kappa shape index (κ3) is 9.70. The first-order valence-electron chi connectivity index (χ1n) is 15.9. The molecule has 46 heavy (non-hydrogen) atoms. The van der Waals surface area contributed by atoms with Gasteiger partial charge in [0.1, 0.15) is 0 Å². The largest absolute Gasteiger partial charge is 0.351 e. The summed E-state index contributed by atoms with van der Waals surface area (Å²) in [6.45, 7) is 1.80. The molecule has 4 aromatic carbocycles. The molecule has 0 saturated heterocycles. The number of hydrogen-bond acceptors (Lipinski definition) is 6. The van der Waals surface area contributed by atoms with Crippen molar-refractivity contribution in [3.63, 3.8) is 0 Å². The Kier molecular flexibility index (Phi) is 13.2. The van der Waals surface area contributed by atoms with Crippen LogP contribution in [-0.2, 0) is 22.7 Å². The lowest BCUT2D eigenvalue weighted by molar-refractivity contribution is -0.123. The molecular formula is C38H46N6O2. The van der Waals surface area contributed by atoms with E-state index in [1.165, 1.54) is 0 Å². The fraction of sp³-hybridized carbons (Fsp3) is 0.263. The van der Waals surface area contributed by atoms with Gasteiger partial charge in [-0.25, -0.2) is 0 Å². The lowest BCUT2D eigenvalue weighted by Gasteiger charge is -2.19. The van der Waals surface area contributed by atoms with Crippen LogP contribution in [0.4, 0.5) is 0 Å². The molecule has 4 rings (SSSR count). The molecule has 0 spiro atoms. The van der Waals surface area contributed by atoms with E-state index in [2.05, 4.69) is 59.2 Å². The van der Waals surface area contributed by atoms with Gasteiger partial charge in [-0.15, -0.1) is 0 Å². The number of benzene rings is 4. The molecule has 0 saturated carbocycles. The molecule has 0 unspecified atom stereocenters. The fourth-order valence-corrected chi connectivity index (χ4v) is 5.28. The average Bonchev–Trinajstić information content (AvgIpc) is 3.11. The van der Waals surface area contributed by atoms with Gasteiger partial charge in [-0.3, -0.25) is 9.59 Å². The highest BCUT2D eigenvalue weighted by atomic mass is 16.2. The minimum atomic E-state index is -0.564. The highest BCUT2D eigenvalue weighted by Crippen LogP contribution is 2.37. The molecule has 0 aliphatic carbocycles. The predicted octanol–water partition coefficient (Wildman–Crippen LogP) is 4.06. The molecule has 0 aromatic heterocycles. The Morgan fingerprint density at radius 2 is 0.826 bits per heavy atom. The van der Waals surface area contributed by atoms with E-state index in [1.807, 2.05) is 60.7 Å². The van der Waals surface area contributed by atoms with Crippen LogP contribution in [0.25, 0.3) is 11.1 Å². The summed E-state index contributed by atoms with van der Waals surface area (Å²) < 4.78 is 0.